The molecule has 0 radical (unpaired) electrons. The van der Waals surface area contributed by atoms with Gasteiger partial charge in [-0.25, -0.2) is 0 Å². The summed E-state index contributed by atoms with van der Waals surface area (Å²) < 4.78 is 9.23. The van der Waals surface area contributed by atoms with Gasteiger partial charge in [0.25, 0.3) is 0 Å². The van der Waals surface area contributed by atoms with E-state index in [1.807, 2.05) is 23.5 Å². The normalized spacial score (nSPS) is 11.8. The molecule has 7 aromatic carbocycles. The van der Waals surface area contributed by atoms with Gasteiger partial charge in [-0.2, -0.15) is 0 Å². The molecule has 0 aliphatic rings. The van der Waals surface area contributed by atoms with Crippen molar-refractivity contribution in [2.75, 3.05) is 4.90 Å². The number of rotatable bonds is 4. The number of halogens is 2. The van der Waals surface area contributed by atoms with Crippen LogP contribution in [-0.4, -0.2) is 0 Å². The van der Waals surface area contributed by atoms with E-state index in [2.05, 4.69) is 126 Å². The lowest BCUT2D eigenvalue weighted by atomic mass is 9.95. The van der Waals surface area contributed by atoms with Crippen LogP contribution in [0.25, 0.3) is 64.0 Å². The van der Waals surface area contributed by atoms with E-state index in [1.165, 1.54) is 20.2 Å². The van der Waals surface area contributed by atoms with E-state index in [0.29, 0.717) is 10.0 Å². The molecule has 214 valence electrons. The van der Waals surface area contributed by atoms with Gasteiger partial charge in [0.15, 0.2) is 0 Å². The van der Waals surface area contributed by atoms with Gasteiger partial charge >= 0.3 is 0 Å². The van der Waals surface area contributed by atoms with Crippen molar-refractivity contribution in [1.82, 2.24) is 0 Å². The Bertz CT molecular complexity index is 2560. The number of hydrogen-bond donors (Lipinski definition) is 0. The molecular formula is C40H23Cl2NOS. The van der Waals surface area contributed by atoms with E-state index in [9.17, 15) is 0 Å². The van der Waals surface area contributed by atoms with Crippen LogP contribution in [0, 0.1) is 0 Å². The van der Waals surface area contributed by atoms with Crippen molar-refractivity contribution in [2.45, 2.75) is 0 Å². The SMILES string of the molecule is Clc1cc(Cl)cc(-c2cc3oc4cc(N(c5ccccc5)c5cccc6c5sc5ccccc56)ccc4c3c3ccccc23)c1. The minimum absolute atomic E-state index is 0.602. The molecular weight excluding hydrogens is 613 g/mol. The van der Waals surface area contributed by atoms with E-state index in [4.69, 9.17) is 27.6 Å². The van der Waals surface area contributed by atoms with Crippen molar-refractivity contribution in [2.24, 2.45) is 0 Å². The maximum absolute atomic E-state index is 6.69. The molecule has 2 nitrogen and oxygen atoms in total. The van der Waals surface area contributed by atoms with Crippen molar-refractivity contribution in [3.05, 3.63) is 150 Å². The van der Waals surface area contributed by atoms with Crippen LogP contribution in [0.5, 0.6) is 0 Å². The lowest BCUT2D eigenvalue weighted by Crippen LogP contribution is -2.09. The van der Waals surface area contributed by atoms with Gasteiger partial charge in [-0.3, -0.25) is 0 Å². The molecule has 2 aromatic heterocycles. The molecule has 0 saturated heterocycles. The zero-order valence-corrected chi connectivity index (χ0v) is 26.1. The average Bonchev–Trinajstić information content (AvgIpc) is 3.63. The summed E-state index contributed by atoms with van der Waals surface area (Å²) in [6, 6.07) is 48.6. The van der Waals surface area contributed by atoms with Crippen LogP contribution < -0.4 is 4.90 Å². The van der Waals surface area contributed by atoms with Crippen LogP contribution in [0.1, 0.15) is 0 Å². The molecule has 9 rings (SSSR count). The average molecular weight is 637 g/mol. The number of fused-ring (bicyclic) bond motifs is 8. The maximum Gasteiger partial charge on any atom is 0.137 e. The number of para-hydroxylation sites is 1. The van der Waals surface area contributed by atoms with Crippen LogP contribution in [0.4, 0.5) is 17.1 Å². The quantitative estimate of drug-likeness (QED) is 0.191. The second-order valence-corrected chi connectivity index (χ2v) is 13.1. The highest BCUT2D eigenvalue weighted by Gasteiger charge is 2.20. The Morgan fingerprint density at radius 3 is 2.04 bits per heavy atom. The van der Waals surface area contributed by atoms with Crippen LogP contribution in [0.3, 0.4) is 0 Å². The molecule has 0 spiro atoms. The second-order valence-electron chi connectivity index (χ2n) is 11.2. The number of furan rings is 1. The Hall–Kier alpha value is -4.80. The van der Waals surface area contributed by atoms with Crippen LogP contribution in [-0.2, 0) is 0 Å². The second kappa shape index (κ2) is 10.4. The van der Waals surface area contributed by atoms with Gasteiger partial charge in [0.1, 0.15) is 11.2 Å². The van der Waals surface area contributed by atoms with Crippen molar-refractivity contribution < 1.29 is 4.42 Å². The number of thiophene rings is 1. The van der Waals surface area contributed by atoms with Gasteiger partial charge in [0, 0.05) is 53.7 Å². The topological polar surface area (TPSA) is 16.4 Å². The number of nitrogens with zero attached hydrogens (tertiary/aromatic N) is 1. The minimum atomic E-state index is 0.602. The molecule has 0 N–H and O–H groups in total. The highest BCUT2D eigenvalue weighted by Crippen LogP contribution is 2.46. The van der Waals surface area contributed by atoms with Gasteiger partial charge in [-0.05, 0) is 82.6 Å². The van der Waals surface area contributed by atoms with Crippen molar-refractivity contribution in [1.29, 1.82) is 0 Å². The molecule has 0 bridgehead atoms. The first-order chi connectivity index (χ1) is 22.1. The van der Waals surface area contributed by atoms with Gasteiger partial charge in [0.05, 0.1) is 10.4 Å². The van der Waals surface area contributed by atoms with E-state index in [-0.39, 0.29) is 0 Å². The van der Waals surface area contributed by atoms with Gasteiger partial charge in [0.2, 0.25) is 0 Å². The minimum Gasteiger partial charge on any atom is -0.456 e. The molecule has 0 fully saturated rings. The molecule has 2 heterocycles. The first kappa shape index (κ1) is 26.6. The lowest BCUT2D eigenvalue weighted by Gasteiger charge is -2.26. The molecule has 9 aromatic rings. The molecule has 0 saturated carbocycles. The fraction of sp³-hybridized carbons (Fsp3) is 0. The fourth-order valence-corrected chi connectivity index (χ4v) is 8.36. The monoisotopic (exact) mass is 635 g/mol. The number of anilines is 3. The van der Waals surface area contributed by atoms with Crippen molar-refractivity contribution in [3.8, 4) is 11.1 Å². The molecule has 5 heteroatoms. The highest BCUT2D eigenvalue weighted by molar-refractivity contribution is 7.26. The van der Waals surface area contributed by atoms with Gasteiger partial charge < -0.3 is 9.32 Å². The Kier molecular flexibility index (Phi) is 6.14. The first-order valence-corrected chi connectivity index (χ1v) is 16.3. The smallest absolute Gasteiger partial charge is 0.137 e. The standard InChI is InChI=1S/C40H23Cl2NOS/c41-25-19-24(20-26(42)21-25)34-23-37-39(31-13-5-4-11-29(31)34)33-18-17-28(22-36(33)44-37)43(27-9-2-1-3-10-27)35-15-8-14-32-30-12-6-7-16-38(30)45-40(32)35/h1-23H. The summed E-state index contributed by atoms with van der Waals surface area (Å²) >= 11 is 14.7. The predicted octanol–water partition coefficient (Wildman–Crippen LogP) is 13.6. The van der Waals surface area contributed by atoms with E-state index in [1.54, 1.807) is 6.07 Å². The Morgan fingerprint density at radius 1 is 0.511 bits per heavy atom. The lowest BCUT2D eigenvalue weighted by molar-refractivity contribution is 0.669. The third-order valence-electron chi connectivity index (χ3n) is 8.53. The van der Waals surface area contributed by atoms with Crippen molar-refractivity contribution >= 4 is 104 Å². The summed E-state index contributed by atoms with van der Waals surface area (Å²) in [6.07, 6.45) is 0. The summed E-state index contributed by atoms with van der Waals surface area (Å²) in [5, 5.41) is 8.18. The van der Waals surface area contributed by atoms with E-state index in [0.717, 1.165) is 60.9 Å². The molecule has 45 heavy (non-hydrogen) atoms. The molecule has 0 unspecified atom stereocenters. The summed E-state index contributed by atoms with van der Waals surface area (Å²) in [6.45, 7) is 0. The molecule has 0 amide bonds. The number of benzene rings is 7. The zero-order valence-electron chi connectivity index (χ0n) is 23.8. The van der Waals surface area contributed by atoms with Crippen LogP contribution in [0.2, 0.25) is 10.0 Å². The Morgan fingerprint density at radius 2 is 1.22 bits per heavy atom. The first-order valence-electron chi connectivity index (χ1n) is 14.7. The summed E-state index contributed by atoms with van der Waals surface area (Å²) in [5.41, 5.74) is 6.90. The van der Waals surface area contributed by atoms with Crippen LogP contribution >= 0.6 is 34.5 Å². The molecule has 0 aliphatic carbocycles. The molecule has 0 aliphatic heterocycles. The van der Waals surface area contributed by atoms with E-state index >= 15 is 0 Å². The zero-order chi connectivity index (χ0) is 30.1. The summed E-state index contributed by atoms with van der Waals surface area (Å²) in [4.78, 5) is 2.34. The Labute approximate surface area is 273 Å². The predicted molar refractivity (Wildman–Crippen MR) is 194 cm³/mol. The number of hydrogen-bond acceptors (Lipinski definition) is 3. The highest BCUT2D eigenvalue weighted by atomic mass is 35.5. The third kappa shape index (κ3) is 4.31. The summed E-state index contributed by atoms with van der Waals surface area (Å²) in [5.74, 6) is 0. The largest absolute Gasteiger partial charge is 0.456 e. The Balaban J connectivity index is 1.29. The molecule has 0 atom stereocenters. The summed E-state index contributed by atoms with van der Waals surface area (Å²) in [7, 11) is 0. The third-order valence-corrected chi connectivity index (χ3v) is 10.2. The van der Waals surface area contributed by atoms with Crippen LogP contribution in [0.15, 0.2) is 144 Å². The van der Waals surface area contributed by atoms with Crippen molar-refractivity contribution in [3.63, 3.8) is 0 Å². The van der Waals surface area contributed by atoms with Gasteiger partial charge in [-0.15, -0.1) is 11.3 Å². The fourth-order valence-electron chi connectivity index (χ4n) is 6.63. The van der Waals surface area contributed by atoms with E-state index < -0.39 is 0 Å². The van der Waals surface area contributed by atoms with Gasteiger partial charge in [-0.1, -0.05) is 96.0 Å². The maximum atomic E-state index is 6.69.